The molecule has 3 aliphatic rings. The molecule has 2 atom stereocenters. The van der Waals surface area contributed by atoms with Gasteiger partial charge in [0.15, 0.2) is 0 Å². The van der Waals surface area contributed by atoms with Gasteiger partial charge in [0, 0.05) is 11.9 Å². The van der Waals surface area contributed by atoms with Crippen LogP contribution in [0.2, 0.25) is 5.31 Å². The van der Waals surface area contributed by atoms with Gasteiger partial charge in [-0.2, -0.15) is 0 Å². The lowest BCUT2D eigenvalue weighted by atomic mass is 9.67. The summed E-state index contributed by atoms with van der Waals surface area (Å²) in [4.78, 5) is 0. The quantitative estimate of drug-likeness (QED) is 0.618. The molecule has 2 unspecified atom stereocenters. The maximum atomic E-state index is 6.09. The Kier molecular flexibility index (Phi) is 1.76. The molecule has 0 aromatic carbocycles. The van der Waals surface area contributed by atoms with Crippen LogP contribution in [0.25, 0.3) is 0 Å². The third-order valence-corrected chi connectivity index (χ3v) is 4.69. The van der Waals surface area contributed by atoms with E-state index in [1.54, 1.807) is 0 Å². The monoisotopic (exact) mass is 210 g/mol. The summed E-state index contributed by atoms with van der Waals surface area (Å²) in [6.45, 7) is 10.1. The standard InChI is InChI=1S/C11H19BO3/c1-9(2)10(3,4)15-12(14-9)11-5-8(11)6-13-7-11/h8H,5-7H2,1-4H3. The van der Waals surface area contributed by atoms with E-state index >= 15 is 0 Å². The van der Waals surface area contributed by atoms with Crippen molar-refractivity contribution in [3.05, 3.63) is 0 Å². The second kappa shape index (κ2) is 2.61. The maximum Gasteiger partial charge on any atom is 0.467 e. The number of rotatable bonds is 1. The Bertz CT molecular complexity index is 286. The lowest BCUT2D eigenvalue weighted by Gasteiger charge is -2.32. The van der Waals surface area contributed by atoms with E-state index in [1.807, 2.05) is 0 Å². The van der Waals surface area contributed by atoms with Gasteiger partial charge >= 0.3 is 7.12 Å². The van der Waals surface area contributed by atoms with Crippen LogP contribution in [0.1, 0.15) is 34.1 Å². The lowest BCUT2D eigenvalue weighted by molar-refractivity contribution is 0.00578. The Hall–Kier alpha value is -0.0551. The molecular formula is C11H19BO3. The number of fused-ring (bicyclic) bond motifs is 1. The fraction of sp³-hybridized carbons (Fsp3) is 1.00. The van der Waals surface area contributed by atoms with Crippen molar-refractivity contribution < 1.29 is 14.0 Å². The predicted molar refractivity (Wildman–Crippen MR) is 57.7 cm³/mol. The first-order valence-corrected chi connectivity index (χ1v) is 5.81. The Morgan fingerprint density at radius 2 is 1.67 bits per heavy atom. The molecule has 15 heavy (non-hydrogen) atoms. The molecule has 2 heterocycles. The van der Waals surface area contributed by atoms with Crippen LogP contribution < -0.4 is 0 Å². The van der Waals surface area contributed by atoms with Gasteiger partial charge in [-0.05, 0) is 40.0 Å². The van der Waals surface area contributed by atoms with Crippen molar-refractivity contribution in [1.82, 2.24) is 0 Å². The van der Waals surface area contributed by atoms with E-state index in [2.05, 4.69) is 27.7 Å². The van der Waals surface area contributed by atoms with Crippen molar-refractivity contribution in [2.75, 3.05) is 13.2 Å². The highest BCUT2D eigenvalue weighted by Crippen LogP contribution is 2.68. The van der Waals surface area contributed by atoms with Crippen molar-refractivity contribution in [2.24, 2.45) is 5.92 Å². The SMILES string of the molecule is CC1(C)OB(C23COCC2C3)OC1(C)C. The molecule has 3 nitrogen and oxygen atoms in total. The van der Waals surface area contributed by atoms with Crippen LogP contribution >= 0.6 is 0 Å². The highest BCUT2D eigenvalue weighted by Gasteiger charge is 2.71. The molecule has 2 aliphatic heterocycles. The summed E-state index contributed by atoms with van der Waals surface area (Å²) in [5.41, 5.74) is -0.412. The summed E-state index contributed by atoms with van der Waals surface area (Å²) in [5.74, 6) is 0.673. The summed E-state index contributed by atoms with van der Waals surface area (Å²) in [7, 11) is -0.0602. The predicted octanol–water partition coefficient (Wildman–Crippen LogP) is 1.87. The van der Waals surface area contributed by atoms with E-state index in [1.165, 1.54) is 6.42 Å². The van der Waals surface area contributed by atoms with Crippen LogP contribution in [0.3, 0.4) is 0 Å². The van der Waals surface area contributed by atoms with Crippen LogP contribution in [0.5, 0.6) is 0 Å². The third kappa shape index (κ3) is 1.19. The lowest BCUT2D eigenvalue weighted by Crippen LogP contribution is -2.41. The fourth-order valence-corrected chi connectivity index (χ4v) is 2.63. The van der Waals surface area contributed by atoms with Gasteiger partial charge in [0.2, 0.25) is 0 Å². The first kappa shape index (κ1) is 10.1. The van der Waals surface area contributed by atoms with Crippen molar-refractivity contribution in [2.45, 2.75) is 50.6 Å². The van der Waals surface area contributed by atoms with Crippen molar-refractivity contribution in [3.8, 4) is 0 Å². The van der Waals surface area contributed by atoms with E-state index in [-0.39, 0.29) is 23.6 Å². The minimum atomic E-state index is -0.206. The summed E-state index contributed by atoms with van der Waals surface area (Å²) in [5, 5.41) is 0.186. The summed E-state index contributed by atoms with van der Waals surface area (Å²) in [6, 6.07) is 0. The van der Waals surface area contributed by atoms with Gasteiger partial charge in [0.25, 0.3) is 0 Å². The van der Waals surface area contributed by atoms with Crippen LogP contribution in [0, 0.1) is 5.92 Å². The normalized spacial score (nSPS) is 45.6. The first-order chi connectivity index (χ1) is 6.87. The molecule has 1 aliphatic carbocycles. The zero-order valence-corrected chi connectivity index (χ0v) is 10.0. The summed E-state index contributed by atoms with van der Waals surface area (Å²) in [6.07, 6.45) is 1.21. The Morgan fingerprint density at radius 3 is 2.07 bits per heavy atom. The summed E-state index contributed by atoms with van der Waals surface area (Å²) < 4.78 is 17.7. The molecule has 0 aromatic rings. The van der Waals surface area contributed by atoms with Gasteiger partial charge in [-0.1, -0.05) is 0 Å². The van der Waals surface area contributed by atoms with E-state index in [4.69, 9.17) is 14.0 Å². The molecule has 3 fully saturated rings. The highest BCUT2D eigenvalue weighted by molar-refractivity contribution is 6.51. The van der Waals surface area contributed by atoms with Gasteiger partial charge in [-0.15, -0.1) is 0 Å². The highest BCUT2D eigenvalue weighted by atomic mass is 16.7. The minimum absolute atomic E-state index is 0.0602. The summed E-state index contributed by atoms with van der Waals surface area (Å²) >= 11 is 0. The first-order valence-electron chi connectivity index (χ1n) is 5.81. The molecule has 1 saturated carbocycles. The Labute approximate surface area is 91.6 Å². The largest absolute Gasteiger partial charge is 0.467 e. The van der Waals surface area contributed by atoms with Crippen molar-refractivity contribution >= 4 is 7.12 Å². The topological polar surface area (TPSA) is 27.7 Å². The molecule has 4 heteroatoms. The Morgan fingerprint density at radius 1 is 1.07 bits per heavy atom. The zero-order valence-electron chi connectivity index (χ0n) is 10.0. The van der Waals surface area contributed by atoms with Crippen LogP contribution in [0.15, 0.2) is 0 Å². The van der Waals surface area contributed by atoms with Gasteiger partial charge in [-0.25, -0.2) is 0 Å². The number of ether oxygens (including phenoxy) is 1. The van der Waals surface area contributed by atoms with Crippen LogP contribution in [-0.2, 0) is 14.0 Å². The van der Waals surface area contributed by atoms with E-state index < -0.39 is 0 Å². The second-order valence-electron chi connectivity index (χ2n) is 6.24. The molecular weight excluding hydrogens is 191 g/mol. The van der Waals surface area contributed by atoms with E-state index in [0.29, 0.717) is 5.92 Å². The van der Waals surface area contributed by atoms with Crippen molar-refractivity contribution in [3.63, 3.8) is 0 Å². The van der Waals surface area contributed by atoms with Gasteiger partial charge < -0.3 is 14.0 Å². The molecule has 0 N–H and O–H groups in total. The van der Waals surface area contributed by atoms with Crippen LogP contribution in [-0.4, -0.2) is 31.5 Å². The minimum Gasteiger partial charge on any atom is -0.403 e. The number of hydrogen-bond donors (Lipinski definition) is 0. The van der Waals surface area contributed by atoms with E-state index in [0.717, 1.165) is 13.2 Å². The van der Waals surface area contributed by atoms with Crippen molar-refractivity contribution in [1.29, 1.82) is 0 Å². The number of hydrogen-bond acceptors (Lipinski definition) is 3. The maximum absolute atomic E-state index is 6.09. The average molecular weight is 210 g/mol. The van der Waals surface area contributed by atoms with Gasteiger partial charge in [0.1, 0.15) is 0 Å². The molecule has 3 rings (SSSR count). The molecule has 2 saturated heterocycles. The molecule has 0 amide bonds. The second-order valence-corrected chi connectivity index (χ2v) is 6.24. The Balaban J connectivity index is 1.82. The van der Waals surface area contributed by atoms with Gasteiger partial charge in [0.05, 0.1) is 17.8 Å². The molecule has 0 bridgehead atoms. The van der Waals surface area contributed by atoms with E-state index in [9.17, 15) is 0 Å². The zero-order chi connectivity index (χ0) is 10.9. The molecule has 0 aromatic heterocycles. The molecule has 0 spiro atoms. The fourth-order valence-electron chi connectivity index (χ4n) is 2.63. The molecule has 0 radical (unpaired) electrons. The smallest absolute Gasteiger partial charge is 0.403 e. The van der Waals surface area contributed by atoms with Crippen LogP contribution in [0.4, 0.5) is 0 Å². The molecule has 84 valence electrons. The average Bonchev–Trinajstić information content (AvgIpc) is 2.58. The van der Waals surface area contributed by atoms with Gasteiger partial charge in [-0.3, -0.25) is 0 Å². The third-order valence-electron chi connectivity index (χ3n) is 4.69.